The van der Waals surface area contributed by atoms with Crippen LogP contribution in [0.2, 0.25) is 0 Å². The maximum absolute atomic E-state index is 10.8. The van der Waals surface area contributed by atoms with Gasteiger partial charge in [-0.3, -0.25) is 0 Å². The average Bonchev–Trinajstić information content (AvgIpc) is 2.10. The van der Waals surface area contributed by atoms with Gasteiger partial charge in [-0.2, -0.15) is 0 Å². The summed E-state index contributed by atoms with van der Waals surface area (Å²) in [4.78, 5) is 10.8. The minimum Gasteiger partial charge on any atom is -0.508 e. The van der Waals surface area contributed by atoms with E-state index in [1.807, 2.05) is 0 Å². The van der Waals surface area contributed by atoms with Gasteiger partial charge in [-0.25, -0.2) is 4.79 Å². The molecular weight excluding hydrogens is 196 g/mol. The summed E-state index contributed by atoms with van der Waals surface area (Å²) in [5, 5.41) is 18.1. The van der Waals surface area contributed by atoms with Gasteiger partial charge in [-0.05, 0) is 32.4 Å². The number of hydrogen-bond donors (Lipinski definition) is 2. The van der Waals surface area contributed by atoms with Gasteiger partial charge in [0, 0.05) is 6.07 Å². The summed E-state index contributed by atoms with van der Waals surface area (Å²) in [5.74, 6) is -0.621. The molecule has 0 saturated heterocycles. The molecule has 0 spiro atoms. The van der Waals surface area contributed by atoms with Crippen LogP contribution in [-0.4, -0.2) is 21.8 Å². The largest absolute Gasteiger partial charge is 0.508 e. The normalized spacial score (nSPS) is 11.1. The number of carbonyl (C=O) groups is 1. The van der Waals surface area contributed by atoms with Crippen molar-refractivity contribution in [3.8, 4) is 11.5 Å². The summed E-state index contributed by atoms with van der Waals surface area (Å²) >= 11 is 0. The van der Waals surface area contributed by atoms with Crippen LogP contribution in [0.3, 0.4) is 0 Å². The Bertz CT molecular complexity index is 382. The highest BCUT2D eigenvalue weighted by Gasteiger charge is 2.29. The summed E-state index contributed by atoms with van der Waals surface area (Å²) in [6.45, 7) is 4.70. The van der Waals surface area contributed by atoms with E-state index in [0.717, 1.165) is 5.56 Å². The molecule has 0 radical (unpaired) electrons. The molecule has 0 aromatic heterocycles. The number of phenols is 1. The van der Waals surface area contributed by atoms with Gasteiger partial charge in [-0.1, -0.05) is 6.07 Å². The predicted octanol–water partition coefficient (Wildman–Crippen LogP) is 1.94. The first-order chi connectivity index (χ1) is 6.83. The molecule has 0 fully saturated rings. The monoisotopic (exact) mass is 210 g/mol. The summed E-state index contributed by atoms with van der Waals surface area (Å²) in [5.41, 5.74) is -0.527. The van der Waals surface area contributed by atoms with E-state index in [1.54, 1.807) is 13.0 Å². The minimum atomic E-state index is -1.31. The second-order valence-electron chi connectivity index (χ2n) is 3.87. The van der Waals surface area contributed by atoms with Gasteiger partial charge < -0.3 is 14.9 Å². The molecule has 0 bridgehead atoms. The summed E-state index contributed by atoms with van der Waals surface area (Å²) in [7, 11) is 0. The molecule has 1 aromatic carbocycles. The van der Waals surface area contributed by atoms with Crippen molar-refractivity contribution in [3.63, 3.8) is 0 Å². The third-order valence-electron chi connectivity index (χ3n) is 2.05. The molecule has 0 saturated carbocycles. The number of hydrogen-bond acceptors (Lipinski definition) is 3. The van der Waals surface area contributed by atoms with Crippen molar-refractivity contribution in [2.45, 2.75) is 26.4 Å². The molecule has 4 nitrogen and oxygen atoms in total. The first-order valence-electron chi connectivity index (χ1n) is 4.55. The Balaban J connectivity index is 2.99. The fourth-order valence-corrected chi connectivity index (χ4v) is 1.02. The Morgan fingerprint density at radius 1 is 1.40 bits per heavy atom. The van der Waals surface area contributed by atoms with Crippen molar-refractivity contribution in [2.24, 2.45) is 0 Å². The molecule has 0 atom stereocenters. The van der Waals surface area contributed by atoms with Crippen molar-refractivity contribution < 1.29 is 19.7 Å². The van der Waals surface area contributed by atoms with Crippen molar-refractivity contribution in [2.75, 3.05) is 0 Å². The van der Waals surface area contributed by atoms with Crippen LogP contribution in [0, 0.1) is 6.92 Å². The number of aromatic hydroxyl groups is 1. The van der Waals surface area contributed by atoms with E-state index in [-0.39, 0.29) is 5.75 Å². The summed E-state index contributed by atoms with van der Waals surface area (Å²) in [6, 6.07) is 4.60. The Hall–Kier alpha value is -1.71. The third-order valence-corrected chi connectivity index (χ3v) is 2.05. The topological polar surface area (TPSA) is 66.8 Å². The number of phenolic OH excluding ortho intramolecular Hbond substituents is 1. The molecule has 0 aliphatic rings. The van der Waals surface area contributed by atoms with Crippen molar-refractivity contribution in [1.82, 2.24) is 0 Å². The molecular formula is C11H14O4. The van der Waals surface area contributed by atoms with E-state index in [4.69, 9.17) is 9.84 Å². The fraction of sp³-hybridized carbons (Fsp3) is 0.364. The Labute approximate surface area is 88.1 Å². The lowest BCUT2D eigenvalue weighted by Crippen LogP contribution is -2.38. The summed E-state index contributed by atoms with van der Waals surface area (Å²) < 4.78 is 5.32. The van der Waals surface area contributed by atoms with E-state index in [9.17, 15) is 9.90 Å². The van der Waals surface area contributed by atoms with Crippen LogP contribution in [0.15, 0.2) is 18.2 Å². The lowest BCUT2D eigenvalue weighted by molar-refractivity contribution is -0.152. The van der Waals surface area contributed by atoms with Crippen LogP contribution in [0.4, 0.5) is 0 Å². The van der Waals surface area contributed by atoms with Crippen molar-refractivity contribution in [3.05, 3.63) is 23.8 Å². The van der Waals surface area contributed by atoms with Crippen molar-refractivity contribution >= 4 is 5.97 Å². The van der Waals surface area contributed by atoms with Crippen LogP contribution in [0.5, 0.6) is 11.5 Å². The SMILES string of the molecule is Cc1ccc(O)cc1OC(C)(C)C(=O)O. The molecule has 1 rings (SSSR count). The third kappa shape index (κ3) is 2.62. The highest BCUT2D eigenvalue weighted by molar-refractivity contribution is 5.76. The smallest absolute Gasteiger partial charge is 0.347 e. The molecule has 2 N–H and O–H groups in total. The van der Waals surface area contributed by atoms with E-state index >= 15 is 0 Å². The lowest BCUT2D eigenvalue weighted by Gasteiger charge is -2.22. The van der Waals surface area contributed by atoms with Gasteiger partial charge in [-0.15, -0.1) is 0 Å². The number of ether oxygens (including phenoxy) is 1. The highest BCUT2D eigenvalue weighted by Crippen LogP contribution is 2.26. The van der Waals surface area contributed by atoms with E-state index in [2.05, 4.69) is 0 Å². The average molecular weight is 210 g/mol. The Morgan fingerprint density at radius 3 is 2.53 bits per heavy atom. The van der Waals surface area contributed by atoms with Gasteiger partial charge in [0.15, 0.2) is 5.60 Å². The second kappa shape index (κ2) is 3.81. The lowest BCUT2D eigenvalue weighted by atomic mass is 10.1. The van der Waals surface area contributed by atoms with E-state index in [0.29, 0.717) is 5.75 Å². The summed E-state index contributed by atoms with van der Waals surface area (Å²) in [6.07, 6.45) is 0. The highest BCUT2D eigenvalue weighted by atomic mass is 16.5. The van der Waals surface area contributed by atoms with Gasteiger partial charge in [0.25, 0.3) is 0 Å². The van der Waals surface area contributed by atoms with Gasteiger partial charge in [0.1, 0.15) is 11.5 Å². The van der Waals surface area contributed by atoms with Crippen LogP contribution in [0.1, 0.15) is 19.4 Å². The molecule has 4 heteroatoms. The maximum Gasteiger partial charge on any atom is 0.347 e. The second-order valence-corrected chi connectivity index (χ2v) is 3.87. The number of carboxylic acids is 1. The van der Waals surface area contributed by atoms with Crippen LogP contribution < -0.4 is 4.74 Å². The van der Waals surface area contributed by atoms with Crippen LogP contribution in [0.25, 0.3) is 0 Å². The van der Waals surface area contributed by atoms with E-state index in [1.165, 1.54) is 26.0 Å². The first-order valence-corrected chi connectivity index (χ1v) is 4.55. The zero-order chi connectivity index (χ0) is 11.6. The zero-order valence-electron chi connectivity index (χ0n) is 8.94. The number of benzene rings is 1. The number of rotatable bonds is 3. The predicted molar refractivity (Wildman–Crippen MR) is 55.2 cm³/mol. The molecule has 15 heavy (non-hydrogen) atoms. The molecule has 1 aromatic rings. The molecule has 82 valence electrons. The fourth-order valence-electron chi connectivity index (χ4n) is 1.02. The molecule has 0 heterocycles. The number of carboxylic acid groups (broad SMARTS) is 1. The van der Waals surface area contributed by atoms with Gasteiger partial charge >= 0.3 is 5.97 Å². The van der Waals surface area contributed by atoms with E-state index < -0.39 is 11.6 Å². The molecule has 0 aliphatic carbocycles. The Kier molecular flexibility index (Phi) is 2.88. The van der Waals surface area contributed by atoms with Gasteiger partial charge in [0.2, 0.25) is 0 Å². The maximum atomic E-state index is 10.8. The van der Waals surface area contributed by atoms with Gasteiger partial charge in [0.05, 0.1) is 0 Å². The van der Waals surface area contributed by atoms with Crippen LogP contribution >= 0.6 is 0 Å². The standard InChI is InChI=1S/C11H14O4/c1-7-4-5-8(12)6-9(7)15-11(2,3)10(13)14/h4-6,12H,1-3H3,(H,13,14). The Morgan fingerprint density at radius 2 is 2.00 bits per heavy atom. The molecule has 0 aliphatic heterocycles. The first kappa shape index (κ1) is 11.4. The zero-order valence-corrected chi connectivity index (χ0v) is 8.94. The quantitative estimate of drug-likeness (QED) is 0.800. The number of aliphatic carboxylic acids is 1. The molecule has 0 amide bonds. The van der Waals surface area contributed by atoms with Crippen LogP contribution in [-0.2, 0) is 4.79 Å². The van der Waals surface area contributed by atoms with Crippen molar-refractivity contribution in [1.29, 1.82) is 0 Å². The number of aryl methyl sites for hydroxylation is 1. The minimum absolute atomic E-state index is 0.0526. The molecule has 0 unspecified atom stereocenters.